The number of carbonyl (C=O) groups excluding carboxylic acids is 2. The molecule has 0 bridgehead atoms. The molecule has 1 aliphatic rings. The monoisotopic (exact) mass is 428 g/mol. The smallest absolute Gasteiger partial charge is 0.407 e. The van der Waals surface area contributed by atoms with Crippen LogP contribution in [0.25, 0.3) is 0 Å². The minimum absolute atomic E-state index is 0.0808. The maximum absolute atomic E-state index is 13.1. The van der Waals surface area contributed by atoms with Crippen LogP contribution in [0.2, 0.25) is 0 Å². The first-order chi connectivity index (χ1) is 14.7. The summed E-state index contributed by atoms with van der Waals surface area (Å²) in [6.45, 7) is 6.07. The quantitative estimate of drug-likeness (QED) is 0.695. The summed E-state index contributed by atoms with van der Waals surface area (Å²) >= 11 is 0. The zero-order valence-corrected chi connectivity index (χ0v) is 18.7. The molecule has 168 valence electrons. The second kappa shape index (κ2) is 9.41. The van der Waals surface area contributed by atoms with Gasteiger partial charge in [-0.25, -0.2) is 9.78 Å². The highest BCUT2D eigenvalue weighted by molar-refractivity contribution is 5.96. The van der Waals surface area contributed by atoms with Crippen LogP contribution in [-0.4, -0.2) is 33.7 Å². The second-order valence-electron chi connectivity index (χ2n) is 9.06. The van der Waals surface area contributed by atoms with Gasteiger partial charge >= 0.3 is 6.09 Å². The van der Waals surface area contributed by atoms with E-state index in [4.69, 9.17) is 9.47 Å². The summed E-state index contributed by atoms with van der Waals surface area (Å²) < 4.78 is 13.0. The molecule has 0 spiro atoms. The number of anilines is 1. The van der Waals surface area contributed by atoms with Crippen molar-refractivity contribution in [3.8, 4) is 5.75 Å². The largest absolute Gasteiger partial charge is 0.486 e. The number of nitrogens with one attached hydrogen (secondary N) is 2. The molecule has 1 aliphatic carbocycles. The zero-order chi connectivity index (χ0) is 22.5. The fourth-order valence-corrected chi connectivity index (χ4v) is 3.67. The van der Waals surface area contributed by atoms with Gasteiger partial charge in [0.05, 0.1) is 5.41 Å². The van der Waals surface area contributed by atoms with Crippen LogP contribution in [0.5, 0.6) is 5.75 Å². The number of aromatic nitrogens is 2. The molecule has 2 aromatic rings. The Hall–Kier alpha value is -3.03. The maximum Gasteiger partial charge on any atom is 0.407 e. The molecule has 0 aliphatic heterocycles. The van der Waals surface area contributed by atoms with Crippen LogP contribution in [-0.2, 0) is 23.2 Å². The van der Waals surface area contributed by atoms with Gasteiger partial charge < -0.3 is 24.7 Å². The third-order valence-corrected chi connectivity index (χ3v) is 5.41. The Balaban J connectivity index is 1.56. The Morgan fingerprint density at radius 1 is 1.16 bits per heavy atom. The third-order valence-electron chi connectivity index (χ3n) is 5.41. The van der Waals surface area contributed by atoms with Gasteiger partial charge in [0, 0.05) is 31.7 Å². The first kappa shape index (κ1) is 22.7. The molecule has 0 unspecified atom stereocenters. The van der Waals surface area contributed by atoms with Crippen molar-refractivity contribution in [2.24, 2.45) is 12.5 Å². The SMILES string of the molecule is Cn1ccnc1COc1ccc(NC(=O)C2(CNC(=O)OC(C)(C)C)CCCC2)cc1. The molecule has 2 amide bonds. The van der Waals surface area contributed by atoms with Crippen molar-refractivity contribution in [1.29, 1.82) is 0 Å². The van der Waals surface area contributed by atoms with E-state index < -0.39 is 17.1 Å². The number of carbonyl (C=O) groups is 2. The van der Waals surface area contributed by atoms with E-state index in [0.717, 1.165) is 31.5 Å². The van der Waals surface area contributed by atoms with E-state index in [-0.39, 0.29) is 12.5 Å². The molecule has 1 aromatic carbocycles. The van der Waals surface area contributed by atoms with Gasteiger partial charge in [0.25, 0.3) is 0 Å². The van der Waals surface area contributed by atoms with E-state index in [1.165, 1.54) is 0 Å². The predicted molar refractivity (Wildman–Crippen MR) is 118 cm³/mol. The fraction of sp³-hybridized carbons (Fsp3) is 0.522. The topological polar surface area (TPSA) is 94.5 Å². The van der Waals surface area contributed by atoms with E-state index in [1.54, 1.807) is 6.20 Å². The van der Waals surface area contributed by atoms with Crippen LogP contribution >= 0.6 is 0 Å². The van der Waals surface area contributed by atoms with Crippen LogP contribution in [0.3, 0.4) is 0 Å². The average molecular weight is 429 g/mol. The van der Waals surface area contributed by atoms with Gasteiger partial charge in [-0.2, -0.15) is 0 Å². The zero-order valence-electron chi connectivity index (χ0n) is 18.7. The third kappa shape index (κ3) is 6.23. The fourth-order valence-electron chi connectivity index (χ4n) is 3.67. The molecule has 1 saturated carbocycles. The van der Waals surface area contributed by atoms with Gasteiger partial charge in [-0.1, -0.05) is 12.8 Å². The lowest BCUT2D eigenvalue weighted by Gasteiger charge is -2.29. The van der Waals surface area contributed by atoms with Crippen LogP contribution in [0.4, 0.5) is 10.5 Å². The second-order valence-corrected chi connectivity index (χ2v) is 9.06. The van der Waals surface area contributed by atoms with Crippen LogP contribution in [0.15, 0.2) is 36.7 Å². The number of ether oxygens (including phenoxy) is 2. The lowest BCUT2D eigenvalue weighted by Crippen LogP contribution is -2.45. The summed E-state index contributed by atoms with van der Waals surface area (Å²) in [4.78, 5) is 29.4. The first-order valence-corrected chi connectivity index (χ1v) is 10.6. The van der Waals surface area contributed by atoms with Gasteiger partial charge in [-0.3, -0.25) is 4.79 Å². The Kier molecular flexibility index (Phi) is 6.87. The van der Waals surface area contributed by atoms with Gasteiger partial charge in [0.1, 0.15) is 23.8 Å². The van der Waals surface area contributed by atoms with Crippen molar-refractivity contribution >= 4 is 17.7 Å². The number of alkyl carbamates (subject to hydrolysis) is 1. The highest BCUT2D eigenvalue weighted by Crippen LogP contribution is 2.39. The number of aryl methyl sites for hydroxylation is 1. The number of benzene rings is 1. The summed E-state index contributed by atoms with van der Waals surface area (Å²) in [5.41, 5.74) is -0.502. The Morgan fingerprint density at radius 2 is 1.84 bits per heavy atom. The molecule has 0 radical (unpaired) electrons. The molecule has 31 heavy (non-hydrogen) atoms. The standard InChI is InChI=1S/C23H32N4O4/c1-22(2,3)31-21(29)25-16-23(11-5-6-12-23)20(28)26-17-7-9-18(10-8-17)30-15-19-24-13-14-27(19)4/h7-10,13-14H,5-6,11-12,15-16H2,1-4H3,(H,25,29)(H,26,28). The lowest BCUT2D eigenvalue weighted by molar-refractivity contribution is -0.125. The van der Waals surface area contributed by atoms with Crippen molar-refractivity contribution in [2.75, 3.05) is 11.9 Å². The highest BCUT2D eigenvalue weighted by Gasteiger charge is 2.41. The summed E-state index contributed by atoms with van der Waals surface area (Å²) in [5.74, 6) is 1.45. The average Bonchev–Trinajstić information content (AvgIpc) is 3.34. The molecular formula is C23H32N4O4. The van der Waals surface area contributed by atoms with Crippen molar-refractivity contribution in [2.45, 2.75) is 58.7 Å². The lowest BCUT2D eigenvalue weighted by atomic mass is 9.85. The van der Waals surface area contributed by atoms with Gasteiger partial charge in [0.2, 0.25) is 5.91 Å². The van der Waals surface area contributed by atoms with Gasteiger partial charge in [0.15, 0.2) is 0 Å². The minimum Gasteiger partial charge on any atom is -0.486 e. The summed E-state index contributed by atoms with van der Waals surface area (Å²) in [7, 11) is 1.92. The number of rotatable bonds is 7. The molecule has 0 saturated heterocycles. The molecule has 0 atom stereocenters. The van der Waals surface area contributed by atoms with E-state index in [2.05, 4.69) is 15.6 Å². The Morgan fingerprint density at radius 3 is 2.42 bits per heavy atom. The van der Waals surface area contributed by atoms with E-state index in [1.807, 2.05) is 62.8 Å². The summed E-state index contributed by atoms with van der Waals surface area (Å²) in [5, 5.41) is 5.78. The van der Waals surface area contributed by atoms with Crippen LogP contribution in [0, 0.1) is 5.41 Å². The van der Waals surface area contributed by atoms with E-state index in [9.17, 15) is 9.59 Å². The normalized spacial score (nSPS) is 15.4. The molecule has 3 rings (SSSR count). The number of hydrogen-bond acceptors (Lipinski definition) is 5. The van der Waals surface area contributed by atoms with Crippen molar-refractivity contribution in [1.82, 2.24) is 14.9 Å². The van der Waals surface area contributed by atoms with Crippen LogP contribution < -0.4 is 15.4 Å². The van der Waals surface area contributed by atoms with E-state index in [0.29, 0.717) is 18.0 Å². The number of imidazole rings is 1. The predicted octanol–water partition coefficient (Wildman–Crippen LogP) is 4.02. The number of hydrogen-bond donors (Lipinski definition) is 2. The maximum atomic E-state index is 13.1. The van der Waals surface area contributed by atoms with Crippen LogP contribution in [0.1, 0.15) is 52.3 Å². The molecule has 1 fully saturated rings. The Bertz CT molecular complexity index is 893. The molecular weight excluding hydrogens is 396 g/mol. The first-order valence-electron chi connectivity index (χ1n) is 10.6. The van der Waals surface area contributed by atoms with Gasteiger partial charge in [-0.15, -0.1) is 0 Å². The van der Waals surface area contributed by atoms with Gasteiger partial charge in [-0.05, 0) is 57.9 Å². The van der Waals surface area contributed by atoms with Crippen molar-refractivity contribution in [3.05, 3.63) is 42.5 Å². The van der Waals surface area contributed by atoms with Crippen molar-refractivity contribution in [3.63, 3.8) is 0 Å². The Labute approximate surface area is 183 Å². The molecule has 1 heterocycles. The summed E-state index contributed by atoms with van der Waals surface area (Å²) in [6.07, 6.45) is 6.49. The molecule has 1 aromatic heterocycles. The van der Waals surface area contributed by atoms with Crippen molar-refractivity contribution < 1.29 is 19.1 Å². The summed E-state index contributed by atoms with van der Waals surface area (Å²) in [6, 6.07) is 7.27. The molecule has 8 nitrogen and oxygen atoms in total. The molecule has 8 heteroatoms. The molecule has 2 N–H and O–H groups in total. The minimum atomic E-state index is -0.621. The van der Waals surface area contributed by atoms with E-state index >= 15 is 0 Å². The number of nitrogens with zero attached hydrogens (tertiary/aromatic N) is 2. The number of amides is 2. The highest BCUT2D eigenvalue weighted by atomic mass is 16.6.